The van der Waals surface area contributed by atoms with Gasteiger partial charge in [0.15, 0.2) is 0 Å². The highest BCUT2D eigenvalue weighted by atomic mass is 32.1. The Balaban J connectivity index is 1.26. The third-order valence-corrected chi connectivity index (χ3v) is 6.77. The maximum atomic E-state index is 12.7. The molecule has 0 unspecified atom stereocenters. The number of nitrogens with one attached hydrogen (secondary N) is 1. The highest BCUT2D eigenvalue weighted by molar-refractivity contribution is 7.13. The summed E-state index contributed by atoms with van der Waals surface area (Å²) >= 11 is 1.62. The van der Waals surface area contributed by atoms with Gasteiger partial charge in [-0.25, -0.2) is 4.79 Å². The third-order valence-electron chi connectivity index (χ3n) is 5.85. The maximum absolute atomic E-state index is 12.7. The fraction of sp³-hybridized carbons (Fsp3) is 0.261. The smallest absolute Gasteiger partial charge is 0.410 e. The Bertz CT molecular complexity index is 1120. The minimum absolute atomic E-state index is 0.283. The maximum Gasteiger partial charge on any atom is 0.410 e. The largest absolute Gasteiger partial charge is 0.441 e. The number of carbonyl (C=O) groups excluding carboxylic acids is 2. The number of benzene rings is 1. The van der Waals surface area contributed by atoms with Gasteiger partial charge in [-0.15, -0.1) is 11.3 Å². The Kier molecular flexibility index (Phi) is 4.86. The van der Waals surface area contributed by atoms with Crippen LogP contribution in [-0.2, 0) is 11.3 Å². The van der Waals surface area contributed by atoms with Crippen LogP contribution in [0.15, 0.2) is 54.0 Å². The minimum Gasteiger partial charge on any atom is -0.441 e. The number of amides is 2. The second-order valence-corrected chi connectivity index (χ2v) is 8.98. The topological polar surface area (TPSA) is 97.5 Å². The summed E-state index contributed by atoms with van der Waals surface area (Å²) in [5.41, 5.74) is 8.96. The summed E-state index contributed by atoms with van der Waals surface area (Å²) in [6.45, 7) is 0.980. The zero-order chi connectivity index (χ0) is 21.4. The van der Waals surface area contributed by atoms with E-state index in [1.165, 1.54) is 6.20 Å². The lowest BCUT2D eigenvalue weighted by Gasteiger charge is -2.35. The number of carbonyl (C=O) groups is 2. The van der Waals surface area contributed by atoms with Crippen molar-refractivity contribution in [1.29, 1.82) is 0 Å². The van der Waals surface area contributed by atoms with Gasteiger partial charge in [0.05, 0.1) is 35.7 Å². The van der Waals surface area contributed by atoms with Gasteiger partial charge in [0.2, 0.25) is 0 Å². The number of thiophene rings is 1. The van der Waals surface area contributed by atoms with E-state index in [1.54, 1.807) is 34.4 Å². The Morgan fingerprint density at radius 1 is 1.26 bits per heavy atom. The zero-order valence-corrected chi connectivity index (χ0v) is 17.7. The number of rotatable bonds is 5. The number of aromatic nitrogens is 1. The number of nitrogens with zero attached hydrogens (tertiary/aromatic N) is 2. The van der Waals surface area contributed by atoms with E-state index < -0.39 is 0 Å². The van der Waals surface area contributed by atoms with Gasteiger partial charge in [-0.05, 0) is 60.5 Å². The molecule has 1 aliphatic heterocycles. The van der Waals surface area contributed by atoms with E-state index >= 15 is 0 Å². The first-order chi connectivity index (χ1) is 15.0. The Labute approximate surface area is 183 Å². The van der Waals surface area contributed by atoms with Crippen molar-refractivity contribution in [2.24, 2.45) is 0 Å². The molecule has 3 N–H and O–H groups in total. The Hall–Kier alpha value is -3.39. The number of hydrogen-bond donors (Lipinski definition) is 2. The average Bonchev–Trinajstić information content (AvgIpc) is 3.39. The number of nitrogens with two attached hydrogens (primary N) is 1. The normalized spacial score (nSPS) is 16.8. The van der Waals surface area contributed by atoms with Crippen LogP contribution in [0.3, 0.4) is 0 Å². The van der Waals surface area contributed by atoms with Crippen molar-refractivity contribution in [3.05, 3.63) is 65.3 Å². The van der Waals surface area contributed by atoms with Crippen molar-refractivity contribution in [2.45, 2.75) is 31.4 Å². The molecule has 3 aromatic rings. The van der Waals surface area contributed by atoms with Crippen molar-refractivity contribution in [2.75, 3.05) is 17.6 Å². The molecule has 2 fully saturated rings. The molecule has 2 aromatic heterocycles. The fourth-order valence-corrected chi connectivity index (χ4v) is 4.67. The molecule has 7 nitrogen and oxygen atoms in total. The van der Waals surface area contributed by atoms with Crippen LogP contribution in [0.2, 0.25) is 0 Å². The minimum atomic E-state index is -0.289. The number of ether oxygens (including phenoxy) is 1. The predicted octanol–water partition coefficient (Wildman–Crippen LogP) is 4.52. The summed E-state index contributed by atoms with van der Waals surface area (Å²) in [7, 11) is 0. The summed E-state index contributed by atoms with van der Waals surface area (Å²) in [4.78, 5) is 32.0. The second kappa shape index (κ2) is 7.70. The molecular formula is C23H22N4O3S. The first kappa shape index (κ1) is 19.6. The van der Waals surface area contributed by atoms with E-state index in [0.717, 1.165) is 29.7 Å². The molecule has 3 heterocycles. The van der Waals surface area contributed by atoms with Gasteiger partial charge in [-0.2, -0.15) is 0 Å². The third kappa shape index (κ3) is 3.86. The van der Waals surface area contributed by atoms with Crippen LogP contribution >= 0.6 is 11.3 Å². The lowest BCUT2D eigenvalue weighted by atomic mass is 9.80. The Morgan fingerprint density at radius 3 is 2.77 bits per heavy atom. The van der Waals surface area contributed by atoms with Crippen molar-refractivity contribution < 1.29 is 14.3 Å². The Morgan fingerprint density at radius 2 is 2.13 bits per heavy atom. The lowest BCUT2D eigenvalue weighted by molar-refractivity contribution is -0.00690. The SMILES string of the molecule is Nc1ccc(-c2cccs2)cc1NC(=O)c1ccc(CN2CC3(CCC3)OC2=O)nc1. The van der Waals surface area contributed by atoms with Crippen LogP contribution in [-0.4, -0.2) is 34.0 Å². The molecule has 2 amide bonds. The molecule has 5 rings (SSSR count). The van der Waals surface area contributed by atoms with Gasteiger partial charge in [-0.1, -0.05) is 12.1 Å². The molecule has 1 saturated carbocycles. The second-order valence-electron chi connectivity index (χ2n) is 8.03. The molecule has 158 valence electrons. The molecule has 8 heteroatoms. The molecule has 1 aromatic carbocycles. The van der Waals surface area contributed by atoms with Gasteiger partial charge in [0, 0.05) is 11.1 Å². The van der Waals surface area contributed by atoms with Crippen LogP contribution in [0.4, 0.5) is 16.2 Å². The first-order valence-electron chi connectivity index (χ1n) is 10.2. The fourth-order valence-electron chi connectivity index (χ4n) is 3.95. The molecular weight excluding hydrogens is 412 g/mol. The molecule has 1 saturated heterocycles. The van der Waals surface area contributed by atoms with Crippen molar-refractivity contribution in [1.82, 2.24) is 9.88 Å². The van der Waals surface area contributed by atoms with Gasteiger partial charge in [-0.3, -0.25) is 14.7 Å². The molecule has 31 heavy (non-hydrogen) atoms. The molecule has 1 spiro atoms. The average molecular weight is 435 g/mol. The van der Waals surface area contributed by atoms with Gasteiger partial charge < -0.3 is 15.8 Å². The van der Waals surface area contributed by atoms with Crippen LogP contribution in [0.25, 0.3) is 10.4 Å². The van der Waals surface area contributed by atoms with E-state index in [9.17, 15) is 9.59 Å². The molecule has 0 bridgehead atoms. The van der Waals surface area contributed by atoms with Crippen molar-refractivity contribution in [3.63, 3.8) is 0 Å². The van der Waals surface area contributed by atoms with E-state index in [-0.39, 0.29) is 17.6 Å². The summed E-state index contributed by atoms with van der Waals surface area (Å²) in [5.74, 6) is -0.289. The predicted molar refractivity (Wildman–Crippen MR) is 120 cm³/mol. The van der Waals surface area contributed by atoms with Crippen molar-refractivity contribution in [3.8, 4) is 10.4 Å². The van der Waals surface area contributed by atoms with E-state index in [0.29, 0.717) is 35.7 Å². The van der Waals surface area contributed by atoms with Crippen molar-refractivity contribution >= 4 is 34.7 Å². The standard InChI is InChI=1S/C23H22N4O3S/c24-18-7-5-15(20-3-1-10-31-20)11-19(18)26-21(28)16-4-6-17(25-12-16)13-27-14-23(8-2-9-23)30-22(27)29/h1,3-7,10-12H,2,8-9,13-14,24H2,(H,26,28). The molecule has 2 aliphatic rings. The van der Waals surface area contributed by atoms with E-state index in [1.807, 2.05) is 29.6 Å². The van der Waals surface area contributed by atoms with E-state index in [4.69, 9.17) is 10.5 Å². The summed E-state index contributed by atoms with van der Waals surface area (Å²) in [5, 5.41) is 4.88. The molecule has 1 aliphatic carbocycles. The van der Waals surface area contributed by atoms with Gasteiger partial charge in [0.25, 0.3) is 5.91 Å². The molecule has 0 atom stereocenters. The highest BCUT2D eigenvalue weighted by Gasteiger charge is 2.49. The molecule has 0 radical (unpaired) electrons. The number of anilines is 2. The van der Waals surface area contributed by atoms with Crippen LogP contribution in [0.1, 0.15) is 35.3 Å². The summed E-state index contributed by atoms with van der Waals surface area (Å²) < 4.78 is 5.53. The summed E-state index contributed by atoms with van der Waals surface area (Å²) in [6.07, 6.45) is 4.19. The highest BCUT2D eigenvalue weighted by Crippen LogP contribution is 2.41. The van der Waals surface area contributed by atoms with Gasteiger partial charge in [0.1, 0.15) is 5.60 Å². The van der Waals surface area contributed by atoms with E-state index in [2.05, 4.69) is 10.3 Å². The number of nitrogen functional groups attached to an aromatic ring is 1. The zero-order valence-electron chi connectivity index (χ0n) is 16.8. The monoisotopic (exact) mass is 434 g/mol. The summed E-state index contributed by atoms with van der Waals surface area (Å²) in [6, 6.07) is 13.1. The van der Waals surface area contributed by atoms with Gasteiger partial charge >= 0.3 is 6.09 Å². The number of pyridine rings is 1. The first-order valence-corrected chi connectivity index (χ1v) is 11.1. The van der Waals surface area contributed by atoms with Crippen LogP contribution in [0, 0.1) is 0 Å². The van der Waals surface area contributed by atoms with Crippen LogP contribution in [0.5, 0.6) is 0 Å². The lowest BCUT2D eigenvalue weighted by Crippen LogP contribution is -2.41. The van der Waals surface area contributed by atoms with Crippen LogP contribution < -0.4 is 11.1 Å². The quantitative estimate of drug-likeness (QED) is 0.576. The number of hydrogen-bond acceptors (Lipinski definition) is 6.